The van der Waals surface area contributed by atoms with Crippen molar-refractivity contribution in [2.45, 2.75) is 31.8 Å². The first kappa shape index (κ1) is 14.9. The van der Waals surface area contributed by atoms with Gasteiger partial charge in [-0.1, -0.05) is 6.42 Å². The third-order valence-electron chi connectivity index (χ3n) is 3.25. The van der Waals surface area contributed by atoms with Crippen molar-refractivity contribution in [2.24, 2.45) is 5.10 Å². The highest BCUT2D eigenvalue weighted by atomic mass is 16.6. The highest BCUT2D eigenvalue weighted by molar-refractivity contribution is 5.89. The van der Waals surface area contributed by atoms with Crippen LogP contribution in [0.25, 0.3) is 0 Å². The molecular weight excluding hydrogens is 280 g/mol. The van der Waals surface area contributed by atoms with E-state index in [9.17, 15) is 25.3 Å². The Kier molecular flexibility index (Phi) is 4.43. The van der Waals surface area contributed by atoms with Crippen LogP contribution in [0.4, 0.5) is 17.1 Å². The first-order valence-electron chi connectivity index (χ1n) is 6.42. The fourth-order valence-electron chi connectivity index (χ4n) is 2.12. The Labute approximate surface area is 119 Å². The molecule has 0 amide bonds. The minimum absolute atomic E-state index is 0.0517. The van der Waals surface area contributed by atoms with E-state index in [1.54, 1.807) is 0 Å². The number of non-ortho nitro benzene ring substituents is 1. The van der Waals surface area contributed by atoms with E-state index in [1.807, 2.05) is 0 Å². The van der Waals surface area contributed by atoms with Crippen LogP contribution in [0.2, 0.25) is 0 Å². The van der Waals surface area contributed by atoms with Crippen molar-refractivity contribution in [1.29, 1.82) is 0 Å². The van der Waals surface area contributed by atoms with Gasteiger partial charge in [0.05, 0.1) is 27.7 Å². The summed E-state index contributed by atoms with van der Waals surface area (Å²) in [6.07, 6.45) is 2.40. The summed E-state index contributed by atoms with van der Waals surface area (Å²) in [4.78, 5) is 20.2. The third-order valence-corrected chi connectivity index (χ3v) is 3.25. The molecule has 1 aliphatic carbocycles. The van der Waals surface area contributed by atoms with Gasteiger partial charge in [-0.15, -0.1) is 0 Å². The quantitative estimate of drug-likeness (QED) is 0.646. The number of benzene rings is 1. The Bertz CT molecular complexity index is 601. The molecular formula is C12H14N4O5. The number of nitro groups is 2. The number of hydrogen-bond acceptors (Lipinski definition) is 7. The van der Waals surface area contributed by atoms with Crippen LogP contribution in [0, 0.1) is 20.2 Å². The maximum absolute atomic E-state index is 11.0. The van der Waals surface area contributed by atoms with Gasteiger partial charge in [0.25, 0.3) is 5.69 Å². The molecule has 112 valence electrons. The van der Waals surface area contributed by atoms with Gasteiger partial charge in [0.2, 0.25) is 0 Å². The highest BCUT2D eigenvalue weighted by Crippen LogP contribution is 2.29. The van der Waals surface area contributed by atoms with Gasteiger partial charge in [-0.05, 0) is 25.3 Å². The number of nitrogens with one attached hydrogen (secondary N) is 1. The molecule has 0 heterocycles. The van der Waals surface area contributed by atoms with Gasteiger partial charge in [0.15, 0.2) is 0 Å². The molecule has 0 aliphatic heterocycles. The van der Waals surface area contributed by atoms with Gasteiger partial charge in [0.1, 0.15) is 5.69 Å². The minimum Gasteiger partial charge on any atom is -0.387 e. The Hall–Kier alpha value is -2.55. The predicted octanol–water partition coefficient (Wildman–Crippen LogP) is 2.21. The normalized spacial score (nSPS) is 20.2. The number of nitrogens with zero attached hydrogens (tertiary/aromatic N) is 3. The van der Waals surface area contributed by atoms with E-state index >= 15 is 0 Å². The van der Waals surface area contributed by atoms with Crippen LogP contribution in [0.3, 0.4) is 0 Å². The van der Waals surface area contributed by atoms with Crippen LogP contribution in [-0.2, 0) is 0 Å². The van der Waals surface area contributed by atoms with Gasteiger partial charge >= 0.3 is 5.69 Å². The smallest absolute Gasteiger partial charge is 0.301 e. The molecule has 0 spiro atoms. The summed E-state index contributed by atoms with van der Waals surface area (Å²) < 4.78 is 0. The number of aliphatic hydroxyl groups is 1. The Morgan fingerprint density at radius 2 is 2.00 bits per heavy atom. The maximum Gasteiger partial charge on any atom is 0.301 e. The number of hydrazone groups is 1. The molecule has 1 atom stereocenters. The number of anilines is 1. The lowest BCUT2D eigenvalue weighted by Crippen LogP contribution is -2.25. The molecule has 0 radical (unpaired) electrons. The lowest BCUT2D eigenvalue weighted by molar-refractivity contribution is -0.393. The van der Waals surface area contributed by atoms with Gasteiger partial charge in [-0.25, -0.2) is 0 Å². The zero-order valence-electron chi connectivity index (χ0n) is 11.1. The molecule has 2 rings (SSSR count). The Balaban J connectivity index is 2.25. The average molecular weight is 294 g/mol. The molecule has 0 saturated heterocycles. The summed E-state index contributed by atoms with van der Waals surface area (Å²) in [5.74, 6) is 0. The predicted molar refractivity (Wildman–Crippen MR) is 75.3 cm³/mol. The molecule has 1 saturated carbocycles. The van der Waals surface area contributed by atoms with Gasteiger partial charge < -0.3 is 5.11 Å². The zero-order valence-corrected chi connectivity index (χ0v) is 11.1. The Morgan fingerprint density at radius 1 is 1.24 bits per heavy atom. The molecule has 21 heavy (non-hydrogen) atoms. The molecule has 1 aromatic rings. The SMILES string of the molecule is O=[N+]([O-])c1ccc(NN=C2CCCCC2O)c([N+](=O)[O-])c1. The van der Waals surface area contributed by atoms with Crippen molar-refractivity contribution in [2.75, 3.05) is 5.43 Å². The van der Waals surface area contributed by atoms with Crippen LogP contribution in [0.15, 0.2) is 23.3 Å². The molecule has 1 aliphatic rings. The monoisotopic (exact) mass is 294 g/mol. The van der Waals surface area contributed by atoms with E-state index in [0.29, 0.717) is 18.6 Å². The lowest BCUT2D eigenvalue weighted by atomic mass is 9.96. The van der Waals surface area contributed by atoms with Crippen LogP contribution in [0.5, 0.6) is 0 Å². The second-order valence-electron chi connectivity index (χ2n) is 4.69. The van der Waals surface area contributed by atoms with Crippen molar-refractivity contribution < 1.29 is 15.0 Å². The first-order valence-corrected chi connectivity index (χ1v) is 6.42. The molecule has 2 N–H and O–H groups in total. The number of nitro benzene ring substituents is 2. The zero-order chi connectivity index (χ0) is 15.4. The van der Waals surface area contributed by atoms with E-state index < -0.39 is 21.6 Å². The summed E-state index contributed by atoms with van der Waals surface area (Å²) in [5.41, 5.74) is 2.32. The fraction of sp³-hybridized carbons (Fsp3) is 0.417. The second kappa shape index (κ2) is 6.27. The van der Waals surface area contributed by atoms with Crippen LogP contribution in [-0.4, -0.2) is 26.8 Å². The highest BCUT2D eigenvalue weighted by Gasteiger charge is 2.21. The van der Waals surface area contributed by atoms with E-state index in [2.05, 4.69) is 10.5 Å². The molecule has 1 aromatic carbocycles. The summed E-state index contributed by atoms with van der Waals surface area (Å²) in [6.45, 7) is 0. The average Bonchev–Trinajstić information content (AvgIpc) is 2.46. The topological polar surface area (TPSA) is 131 Å². The van der Waals surface area contributed by atoms with Gasteiger partial charge in [-0.3, -0.25) is 25.7 Å². The van der Waals surface area contributed by atoms with Crippen LogP contribution >= 0.6 is 0 Å². The standard InChI is InChI=1S/C12H14N4O5/c17-12-4-2-1-3-10(12)14-13-9-6-5-8(15(18)19)7-11(9)16(20)21/h5-7,12-13,17H,1-4H2. The van der Waals surface area contributed by atoms with Crippen molar-refractivity contribution in [3.05, 3.63) is 38.4 Å². The fourth-order valence-corrected chi connectivity index (χ4v) is 2.12. The molecule has 1 unspecified atom stereocenters. The van der Waals surface area contributed by atoms with Crippen molar-refractivity contribution >= 4 is 22.8 Å². The number of hydrogen-bond donors (Lipinski definition) is 2. The first-order chi connectivity index (χ1) is 9.99. The molecule has 9 nitrogen and oxygen atoms in total. The minimum atomic E-state index is -0.715. The van der Waals surface area contributed by atoms with Crippen LogP contribution < -0.4 is 5.43 Å². The molecule has 0 aromatic heterocycles. The van der Waals surface area contributed by atoms with Crippen molar-refractivity contribution in [1.82, 2.24) is 0 Å². The van der Waals surface area contributed by atoms with E-state index in [-0.39, 0.29) is 11.4 Å². The summed E-state index contributed by atoms with van der Waals surface area (Å²) >= 11 is 0. The second-order valence-corrected chi connectivity index (χ2v) is 4.69. The Morgan fingerprint density at radius 3 is 2.62 bits per heavy atom. The molecule has 9 heteroatoms. The summed E-state index contributed by atoms with van der Waals surface area (Å²) in [5, 5.41) is 35.3. The summed E-state index contributed by atoms with van der Waals surface area (Å²) in [6, 6.07) is 3.27. The van der Waals surface area contributed by atoms with Gasteiger partial charge in [0, 0.05) is 6.07 Å². The molecule has 0 bridgehead atoms. The molecule has 1 fully saturated rings. The maximum atomic E-state index is 11.0. The van der Waals surface area contributed by atoms with E-state index in [4.69, 9.17) is 0 Å². The van der Waals surface area contributed by atoms with Crippen LogP contribution in [0.1, 0.15) is 25.7 Å². The lowest BCUT2D eigenvalue weighted by Gasteiger charge is -2.18. The summed E-state index contributed by atoms with van der Waals surface area (Å²) in [7, 11) is 0. The number of rotatable bonds is 4. The number of aliphatic hydroxyl groups excluding tert-OH is 1. The largest absolute Gasteiger partial charge is 0.387 e. The third kappa shape index (κ3) is 3.51. The van der Waals surface area contributed by atoms with Crippen molar-refractivity contribution in [3.63, 3.8) is 0 Å². The van der Waals surface area contributed by atoms with Crippen molar-refractivity contribution in [3.8, 4) is 0 Å². The van der Waals surface area contributed by atoms with Gasteiger partial charge in [-0.2, -0.15) is 5.10 Å². The van der Waals surface area contributed by atoms with E-state index in [0.717, 1.165) is 25.0 Å². The van der Waals surface area contributed by atoms with E-state index in [1.165, 1.54) is 6.07 Å².